The van der Waals surface area contributed by atoms with Crippen molar-refractivity contribution in [1.29, 1.82) is 0 Å². The van der Waals surface area contributed by atoms with Crippen molar-refractivity contribution in [3.63, 3.8) is 0 Å². The maximum absolute atomic E-state index is 12.5. The van der Waals surface area contributed by atoms with Crippen molar-refractivity contribution in [3.05, 3.63) is 0 Å². The van der Waals surface area contributed by atoms with E-state index in [9.17, 15) is 9.90 Å². The van der Waals surface area contributed by atoms with Gasteiger partial charge in [0.25, 0.3) is 0 Å². The SMILES string of the molecule is CN(C(=O)C1NCCCC1(C)C)C(C)(C)CO. The summed E-state index contributed by atoms with van der Waals surface area (Å²) in [5.74, 6) is 0.0775. The number of aliphatic hydroxyl groups is 1. The summed E-state index contributed by atoms with van der Waals surface area (Å²) in [5.41, 5.74) is -0.526. The van der Waals surface area contributed by atoms with Gasteiger partial charge in [-0.25, -0.2) is 0 Å². The minimum atomic E-state index is -0.508. The molecule has 4 heteroatoms. The molecule has 1 unspecified atom stereocenters. The lowest BCUT2D eigenvalue weighted by atomic mass is 9.76. The van der Waals surface area contributed by atoms with Crippen molar-refractivity contribution < 1.29 is 9.90 Å². The summed E-state index contributed by atoms with van der Waals surface area (Å²) in [6.07, 6.45) is 2.17. The lowest BCUT2D eigenvalue weighted by Crippen LogP contribution is -2.60. The smallest absolute Gasteiger partial charge is 0.240 e. The van der Waals surface area contributed by atoms with E-state index in [1.165, 1.54) is 0 Å². The summed E-state index contributed by atoms with van der Waals surface area (Å²) >= 11 is 0. The van der Waals surface area contributed by atoms with Crippen molar-refractivity contribution in [2.75, 3.05) is 20.2 Å². The number of aliphatic hydroxyl groups excluding tert-OH is 1. The van der Waals surface area contributed by atoms with Crippen LogP contribution in [0.25, 0.3) is 0 Å². The normalized spacial score (nSPS) is 24.5. The molecule has 1 heterocycles. The van der Waals surface area contributed by atoms with Gasteiger partial charge in [-0.05, 0) is 38.6 Å². The van der Waals surface area contributed by atoms with Crippen LogP contribution in [0.3, 0.4) is 0 Å². The van der Waals surface area contributed by atoms with Gasteiger partial charge >= 0.3 is 0 Å². The summed E-state index contributed by atoms with van der Waals surface area (Å²) in [7, 11) is 1.77. The van der Waals surface area contributed by atoms with Crippen LogP contribution in [0.5, 0.6) is 0 Å². The second kappa shape index (κ2) is 4.94. The summed E-state index contributed by atoms with van der Waals surface area (Å²) in [5, 5.41) is 12.6. The third kappa shape index (κ3) is 2.99. The second-order valence-electron chi connectivity index (χ2n) is 6.35. The van der Waals surface area contributed by atoms with Crippen LogP contribution in [-0.4, -0.2) is 47.7 Å². The summed E-state index contributed by atoms with van der Waals surface area (Å²) in [6.45, 7) is 8.88. The van der Waals surface area contributed by atoms with E-state index in [1.54, 1.807) is 11.9 Å². The van der Waals surface area contributed by atoms with Crippen LogP contribution in [0.2, 0.25) is 0 Å². The standard InChI is InChI=1S/C13H26N2O2/c1-12(2)7-6-8-14-10(12)11(17)15(5)13(3,4)9-16/h10,14,16H,6-9H2,1-5H3. The van der Waals surface area contributed by atoms with Gasteiger partial charge in [0, 0.05) is 7.05 Å². The first-order chi connectivity index (χ1) is 7.72. The number of nitrogens with zero attached hydrogens (tertiary/aromatic N) is 1. The first kappa shape index (κ1) is 14.5. The van der Waals surface area contributed by atoms with Crippen LogP contribution in [0, 0.1) is 5.41 Å². The highest BCUT2D eigenvalue weighted by atomic mass is 16.3. The van der Waals surface area contributed by atoms with E-state index >= 15 is 0 Å². The van der Waals surface area contributed by atoms with Crippen molar-refractivity contribution >= 4 is 5.91 Å². The third-order valence-electron chi connectivity index (χ3n) is 4.00. The van der Waals surface area contributed by atoms with Crippen molar-refractivity contribution in [1.82, 2.24) is 10.2 Å². The number of carbonyl (C=O) groups is 1. The van der Waals surface area contributed by atoms with Gasteiger partial charge in [0.1, 0.15) is 0 Å². The Kier molecular flexibility index (Phi) is 4.20. The molecule has 0 aromatic heterocycles. The van der Waals surface area contributed by atoms with Gasteiger partial charge in [0.2, 0.25) is 5.91 Å². The Labute approximate surface area is 104 Å². The number of hydrogen-bond donors (Lipinski definition) is 2. The van der Waals surface area contributed by atoms with E-state index in [0.29, 0.717) is 0 Å². The summed E-state index contributed by atoms with van der Waals surface area (Å²) in [4.78, 5) is 14.1. The zero-order valence-corrected chi connectivity index (χ0v) is 11.7. The van der Waals surface area contributed by atoms with E-state index in [4.69, 9.17) is 0 Å². The average molecular weight is 242 g/mol. The quantitative estimate of drug-likeness (QED) is 0.776. The first-order valence-electron chi connectivity index (χ1n) is 6.34. The molecular weight excluding hydrogens is 216 g/mol. The number of hydrogen-bond acceptors (Lipinski definition) is 3. The highest BCUT2D eigenvalue weighted by Crippen LogP contribution is 2.31. The molecule has 1 atom stereocenters. The Morgan fingerprint density at radius 2 is 2.12 bits per heavy atom. The zero-order chi connectivity index (χ0) is 13.3. The van der Waals surface area contributed by atoms with E-state index in [-0.39, 0.29) is 24.0 Å². The fourth-order valence-corrected chi connectivity index (χ4v) is 2.23. The lowest BCUT2D eigenvalue weighted by molar-refractivity contribution is -0.142. The van der Waals surface area contributed by atoms with Crippen LogP contribution in [-0.2, 0) is 4.79 Å². The predicted molar refractivity (Wildman–Crippen MR) is 68.7 cm³/mol. The Hall–Kier alpha value is -0.610. The topological polar surface area (TPSA) is 52.6 Å². The molecule has 100 valence electrons. The maximum atomic E-state index is 12.5. The maximum Gasteiger partial charge on any atom is 0.240 e. The van der Waals surface area contributed by atoms with Gasteiger partial charge in [0.05, 0.1) is 18.2 Å². The minimum Gasteiger partial charge on any atom is -0.394 e. The molecule has 4 nitrogen and oxygen atoms in total. The lowest BCUT2D eigenvalue weighted by Gasteiger charge is -2.43. The van der Waals surface area contributed by atoms with Gasteiger partial charge in [0.15, 0.2) is 0 Å². The molecule has 0 aromatic carbocycles. The Balaban J connectivity index is 2.82. The van der Waals surface area contributed by atoms with E-state index < -0.39 is 5.54 Å². The molecule has 0 bridgehead atoms. The largest absolute Gasteiger partial charge is 0.394 e. The molecule has 2 N–H and O–H groups in total. The first-order valence-corrected chi connectivity index (χ1v) is 6.34. The molecule has 1 amide bonds. The number of likely N-dealkylation sites (N-methyl/N-ethyl adjacent to an activating group) is 1. The summed E-state index contributed by atoms with van der Waals surface area (Å²) < 4.78 is 0. The van der Waals surface area contributed by atoms with Crippen molar-refractivity contribution in [2.45, 2.75) is 52.1 Å². The monoisotopic (exact) mass is 242 g/mol. The Morgan fingerprint density at radius 1 is 1.53 bits per heavy atom. The fraction of sp³-hybridized carbons (Fsp3) is 0.923. The van der Waals surface area contributed by atoms with Gasteiger partial charge in [-0.2, -0.15) is 0 Å². The Bertz CT molecular complexity index is 287. The van der Waals surface area contributed by atoms with Crippen LogP contribution < -0.4 is 5.32 Å². The van der Waals surface area contributed by atoms with Crippen LogP contribution in [0.4, 0.5) is 0 Å². The molecule has 0 radical (unpaired) electrons. The van der Waals surface area contributed by atoms with E-state index in [1.807, 2.05) is 13.8 Å². The van der Waals surface area contributed by atoms with Gasteiger partial charge in [-0.15, -0.1) is 0 Å². The zero-order valence-electron chi connectivity index (χ0n) is 11.7. The van der Waals surface area contributed by atoms with Crippen LogP contribution in [0.1, 0.15) is 40.5 Å². The van der Waals surface area contributed by atoms with E-state index in [2.05, 4.69) is 19.2 Å². The number of amides is 1. The molecule has 1 fully saturated rings. The number of rotatable bonds is 3. The number of piperidine rings is 1. The Morgan fingerprint density at radius 3 is 2.59 bits per heavy atom. The van der Waals surface area contributed by atoms with Crippen LogP contribution >= 0.6 is 0 Å². The van der Waals surface area contributed by atoms with Crippen LogP contribution in [0.15, 0.2) is 0 Å². The molecule has 1 aliphatic heterocycles. The molecular formula is C13H26N2O2. The molecule has 0 saturated carbocycles. The highest BCUT2D eigenvalue weighted by molar-refractivity contribution is 5.83. The summed E-state index contributed by atoms with van der Waals surface area (Å²) in [6, 6.07) is -0.146. The van der Waals surface area contributed by atoms with Gasteiger partial charge < -0.3 is 15.3 Å². The van der Waals surface area contributed by atoms with Crippen molar-refractivity contribution in [3.8, 4) is 0 Å². The third-order valence-corrected chi connectivity index (χ3v) is 4.00. The molecule has 17 heavy (non-hydrogen) atoms. The molecule has 1 saturated heterocycles. The number of carbonyl (C=O) groups excluding carboxylic acids is 1. The van der Waals surface area contributed by atoms with Gasteiger partial charge in [-0.3, -0.25) is 4.79 Å². The molecule has 0 spiro atoms. The minimum absolute atomic E-state index is 0.0187. The number of nitrogens with one attached hydrogen (secondary N) is 1. The fourth-order valence-electron chi connectivity index (χ4n) is 2.23. The average Bonchev–Trinajstić information content (AvgIpc) is 2.26. The molecule has 0 aromatic rings. The van der Waals surface area contributed by atoms with Gasteiger partial charge in [-0.1, -0.05) is 13.8 Å². The van der Waals surface area contributed by atoms with E-state index in [0.717, 1.165) is 19.4 Å². The second-order valence-corrected chi connectivity index (χ2v) is 6.35. The molecule has 0 aliphatic carbocycles. The predicted octanol–water partition coefficient (Wildman–Crippen LogP) is 0.994. The molecule has 1 aliphatic rings. The van der Waals surface area contributed by atoms with Crippen molar-refractivity contribution in [2.24, 2.45) is 5.41 Å². The molecule has 1 rings (SSSR count). The highest BCUT2D eigenvalue weighted by Gasteiger charge is 2.41.